The van der Waals surface area contributed by atoms with Gasteiger partial charge < -0.3 is 9.84 Å². The van der Waals surface area contributed by atoms with E-state index in [1.807, 2.05) is 12.1 Å². The number of hydrogen-bond acceptors (Lipinski definition) is 7. The molecule has 5 rings (SSSR count). The predicted molar refractivity (Wildman–Crippen MR) is 134 cm³/mol. The van der Waals surface area contributed by atoms with E-state index < -0.39 is 5.56 Å². The fourth-order valence-electron chi connectivity index (χ4n) is 3.80. The number of rotatable bonds is 7. The van der Waals surface area contributed by atoms with Gasteiger partial charge in [0.25, 0.3) is 0 Å². The van der Waals surface area contributed by atoms with E-state index in [1.54, 1.807) is 53.5 Å². The van der Waals surface area contributed by atoms with Crippen LogP contribution in [0.2, 0.25) is 5.02 Å². The summed E-state index contributed by atoms with van der Waals surface area (Å²) < 4.78 is 20.6. The van der Waals surface area contributed by atoms with Crippen molar-refractivity contribution in [3.8, 4) is 28.3 Å². The normalized spacial score (nSPS) is 14.9. The summed E-state index contributed by atoms with van der Waals surface area (Å²) in [5.41, 5.74) is 2.12. The van der Waals surface area contributed by atoms with Crippen LogP contribution >= 0.6 is 11.6 Å². The van der Waals surface area contributed by atoms with Gasteiger partial charge in [-0.1, -0.05) is 41.1 Å². The van der Waals surface area contributed by atoms with E-state index in [0.717, 1.165) is 11.1 Å². The van der Waals surface area contributed by atoms with Gasteiger partial charge in [-0.25, -0.2) is 9.40 Å². The zero-order valence-corrected chi connectivity index (χ0v) is 19.7. The highest BCUT2D eigenvalue weighted by atomic mass is 35.5. The molecule has 3 aromatic carbocycles. The number of ether oxygens (including phenoxy) is 1. The first-order valence-electron chi connectivity index (χ1n) is 11.2. The molecule has 0 amide bonds. The van der Waals surface area contributed by atoms with Gasteiger partial charge in [-0.2, -0.15) is 14.9 Å². The zero-order chi connectivity index (χ0) is 25.1. The molecule has 36 heavy (non-hydrogen) atoms. The van der Waals surface area contributed by atoms with Gasteiger partial charge in [-0.15, -0.1) is 0 Å². The third-order valence-electron chi connectivity index (χ3n) is 5.68. The third-order valence-corrected chi connectivity index (χ3v) is 5.94. The van der Waals surface area contributed by atoms with Crippen LogP contribution in [0.25, 0.3) is 16.8 Å². The topological polar surface area (TPSA) is 92.3 Å². The summed E-state index contributed by atoms with van der Waals surface area (Å²) in [6.07, 6.45) is 1.95. The Morgan fingerprint density at radius 1 is 1.00 bits per heavy atom. The predicted octanol–water partition coefficient (Wildman–Crippen LogP) is 5.42. The Kier molecular flexibility index (Phi) is 6.75. The molecule has 1 atom stereocenters. The molecule has 1 unspecified atom stereocenters. The van der Waals surface area contributed by atoms with Crippen LogP contribution in [0, 0.1) is 5.82 Å². The van der Waals surface area contributed by atoms with Crippen LogP contribution in [0.3, 0.4) is 0 Å². The molecular weight excluding hydrogens is 485 g/mol. The molecule has 8 nitrogen and oxygen atoms in total. The molecule has 10 heteroatoms. The number of halogens is 2. The van der Waals surface area contributed by atoms with Gasteiger partial charge in [-0.3, -0.25) is 4.79 Å². The number of anilines is 1. The maximum atomic E-state index is 13.5. The van der Waals surface area contributed by atoms with Crippen molar-refractivity contribution in [2.45, 2.75) is 12.5 Å². The fourth-order valence-corrected chi connectivity index (χ4v) is 3.93. The lowest BCUT2D eigenvalue weighted by Gasteiger charge is -2.18. The highest BCUT2D eigenvalue weighted by molar-refractivity contribution is 6.30. The second-order valence-electron chi connectivity index (χ2n) is 8.14. The molecule has 182 valence electrons. The number of aliphatic hydroxyl groups excluding tert-OH is 1. The van der Waals surface area contributed by atoms with Gasteiger partial charge in [0, 0.05) is 11.6 Å². The lowest BCUT2D eigenvalue weighted by molar-refractivity contribution is 0.278. The number of hydrogen-bond donors (Lipinski definition) is 1. The maximum absolute atomic E-state index is 13.5. The summed E-state index contributed by atoms with van der Waals surface area (Å²) in [6, 6.07) is 19.8. The van der Waals surface area contributed by atoms with Crippen LogP contribution in [0.5, 0.6) is 11.5 Å². The van der Waals surface area contributed by atoms with Gasteiger partial charge in [0.2, 0.25) is 5.75 Å². The van der Waals surface area contributed by atoms with E-state index in [1.165, 1.54) is 23.0 Å². The van der Waals surface area contributed by atoms with Gasteiger partial charge in [0.15, 0.2) is 0 Å². The van der Waals surface area contributed by atoms with E-state index in [9.17, 15) is 14.3 Å². The van der Waals surface area contributed by atoms with Crippen molar-refractivity contribution in [2.75, 3.05) is 18.2 Å². The van der Waals surface area contributed by atoms with Crippen molar-refractivity contribution in [3.05, 3.63) is 100 Å². The molecule has 1 N–H and O–H groups in total. The molecule has 0 radical (unpaired) electrons. The molecule has 4 aromatic rings. The number of benzene rings is 3. The third kappa shape index (κ3) is 4.98. The highest BCUT2D eigenvalue weighted by Gasteiger charge is 2.26. The largest absolute Gasteiger partial charge is 0.449 e. The van der Waals surface area contributed by atoms with Crippen molar-refractivity contribution in [3.63, 3.8) is 0 Å². The zero-order valence-electron chi connectivity index (χ0n) is 19.0. The minimum absolute atomic E-state index is 0.0162. The van der Waals surface area contributed by atoms with Gasteiger partial charge in [0.05, 0.1) is 24.5 Å². The molecule has 1 aliphatic heterocycles. The average molecular weight is 506 g/mol. The SMILES string of the molecule is O=c1c(Oc2ccc(-c3ccc(F)cc3)cc2)c(N2CC(CCO)N=N2)cnn1-c1ccc(Cl)cc1. The summed E-state index contributed by atoms with van der Waals surface area (Å²) in [4.78, 5) is 13.5. The Balaban J connectivity index is 1.50. The lowest BCUT2D eigenvalue weighted by Crippen LogP contribution is -2.27. The Labute approximate surface area is 210 Å². The Bertz CT molecular complexity index is 1440. The Morgan fingerprint density at radius 3 is 2.33 bits per heavy atom. The van der Waals surface area contributed by atoms with Crippen LogP contribution in [-0.4, -0.2) is 34.1 Å². The first kappa shape index (κ1) is 23.7. The standard InChI is InChI=1S/C26H21ClFN5O3/c27-19-5-9-22(10-6-19)33-26(35)25(24(15-29-33)32-16-21(13-14-34)30-31-32)36-23-11-3-18(4-12-23)17-1-7-20(28)8-2-17/h1-12,15,21,34H,13-14,16H2. The summed E-state index contributed by atoms with van der Waals surface area (Å²) in [5, 5.41) is 23.9. The molecular formula is C26H21ClFN5O3. The van der Waals surface area contributed by atoms with Crippen molar-refractivity contribution < 1.29 is 14.2 Å². The molecule has 1 aromatic heterocycles. The maximum Gasteiger partial charge on any atom is 0.316 e. The van der Waals surface area contributed by atoms with E-state index in [0.29, 0.717) is 35.1 Å². The summed E-state index contributed by atoms with van der Waals surface area (Å²) in [7, 11) is 0. The van der Waals surface area contributed by atoms with Gasteiger partial charge >= 0.3 is 5.56 Å². The average Bonchev–Trinajstić information content (AvgIpc) is 3.35. The fraction of sp³-hybridized carbons (Fsp3) is 0.154. The van der Waals surface area contributed by atoms with Crippen molar-refractivity contribution in [2.24, 2.45) is 10.3 Å². The van der Waals surface area contributed by atoms with Crippen LogP contribution < -0.4 is 15.3 Å². The van der Waals surface area contributed by atoms with E-state index in [-0.39, 0.29) is 24.2 Å². The summed E-state index contributed by atoms with van der Waals surface area (Å²) in [5.74, 6) is 0.148. The summed E-state index contributed by atoms with van der Waals surface area (Å²) >= 11 is 5.99. The van der Waals surface area contributed by atoms with Gasteiger partial charge in [-0.05, 0) is 66.1 Å². The molecule has 0 saturated carbocycles. The van der Waals surface area contributed by atoms with E-state index >= 15 is 0 Å². The molecule has 0 aliphatic carbocycles. The molecule has 1 aliphatic rings. The molecule has 0 fully saturated rings. The summed E-state index contributed by atoms with van der Waals surface area (Å²) in [6.45, 7) is 0.365. The smallest absolute Gasteiger partial charge is 0.316 e. The minimum atomic E-state index is -0.488. The first-order chi connectivity index (χ1) is 17.5. The first-order valence-corrected chi connectivity index (χ1v) is 11.6. The number of nitrogens with zero attached hydrogens (tertiary/aromatic N) is 5. The minimum Gasteiger partial charge on any atom is -0.449 e. The monoisotopic (exact) mass is 505 g/mol. The van der Waals surface area contributed by atoms with Crippen LogP contribution in [0.4, 0.5) is 10.1 Å². The molecule has 0 bridgehead atoms. The van der Waals surface area contributed by atoms with Crippen molar-refractivity contribution >= 4 is 17.3 Å². The number of aliphatic hydroxyl groups is 1. The van der Waals surface area contributed by atoms with Crippen LogP contribution in [0.1, 0.15) is 6.42 Å². The molecule has 0 spiro atoms. The number of aromatic nitrogens is 2. The van der Waals surface area contributed by atoms with Crippen molar-refractivity contribution in [1.29, 1.82) is 0 Å². The van der Waals surface area contributed by atoms with Crippen molar-refractivity contribution in [1.82, 2.24) is 9.78 Å². The van der Waals surface area contributed by atoms with Crippen LogP contribution in [-0.2, 0) is 0 Å². The second-order valence-corrected chi connectivity index (χ2v) is 8.58. The van der Waals surface area contributed by atoms with E-state index in [2.05, 4.69) is 15.4 Å². The Hall–Kier alpha value is -4.08. The van der Waals surface area contributed by atoms with Crippen LogP contribution in [0.15, 0.2) is 94.1 Å². The quantitative estimate of drug-likeness (QED) is 0.362. The van der Waals surface area contributed by atoms with E-state index in [4.69, 9.17) is 16.3 Å². The highest BCUT2D eigenvalue weighted by Crippen LogP contribution is 2.32. The Morgan fingerprint density at radius 2 is 1.67 bits per heavy atom. The van der Waals surface area contributed by atoms with Gasteiger partial charge in [0.1, 0.15) is 17.3 Å². The second kappa shape index (κ2) is 10.3. The lowest BCUT2D eigenvalue weighted by atomic mass is 10.1. The molecule has 2 heterocycles. The molecule has 0 saturated heterocycles.